The van der Waals surface area contributed by atoms with E-state index in [-0.39, 0.29) is 0 Å². The quantitative estimate of drug-likeness (QED) is 0.632. The Bertz CT molecular complexity index is 587. The summed E-state index contributed by atoms with van der Waals surface area (Å²) in [5, 5.41) is 0. The Morgan fingerprint density at radius 1 is 1.53 bits per heavy atom. The molecular weight excluding hydrogens is 218 g/mol. The van der Waals surface area contributed by atoms with E-state index >= 15 is 0 Å². The van der Waals surface area contributed by atoms with Crippen LogP contribution in [0.1, 0.15) is 23.1 Å². The minimum Gasteiger partial charge on any atom is -0.462 e. The van der Waals surface area contributed by atoms with Crippen LogP contribution in [0.5, 0.6) is 0 Å². The molecule has 0 bridgehead atoms. The first kappa shape index (κ1) is 11.4. The van der Waals surface area contributed by atoms with Gasteiger partial charge >= 0.3 is 5.97 Å². The van der Waals surface area contributed by atoms with Gasteiger partial charge in [0, 0.05) is 12.7 Å². The van der Waals surface area contributed by atoms with Crippen molar-refractivity contribution in [1.29, 1.82) is 0 Å². The summed E-state index contributed by atoms with van der Waals surface area (Å²) in [6, 6.07) is 3.43. The van der Waals surface area contributed by atoms with Crippen LogP contribution in [0.4, 0.5) is 5.69 Å². The van der Waals surface area contributed by atoms with Crippen molar-refractivity contribution in [3.05, 3.63) is 23.5 Å². The minimum atomic E-state index is -0.407. The molecule has 5 heteroatoms. The highest BCUT2D eigenvalue weighted by molar-refractivity contribution is 5.99. The first-order valence-electron chi connectivity index (χ1n) is 5.44. The number of hydrogen-bond acceptors (Lipinski definition) is 4. The lowest BCUT2D eigenvalue weighted by Crippen LogP contribution is -2.08. The third kappa shape index (κ3) is 1.84. The molecule has 2 N–H and O–H groups in total. The van der Waals surface area contributed by atoms with Gasteiger partial charge in [-0.25, -0.2) is 9.78 Å². The summed E-state index contributed by atoms with van der Waals surface area (Å²) >= 11 is 0. The molecule has 2 aromatic rings. The summed E-state index contributed by atoms with van der Waals surface area (Å²) in [6.07, 6.45) is 0. The van der Waals surface area contributed by atoms with Gasteiger partial charge in [-0.15, -0.1) is 0 Å². The highest BCUT2D eigenvalue weighted by Gasteiger charge is 2.14. The van der Waals surface area contributed by atoms with Crippen molar-refractivity contribution in [3.8, 4) is 0 Å². The van der Waals surface area contributed by atoms with Gasteiger partial charge in [-0.2, -0.15) is 0 Å². The predicted molar refractivity (Wildman–Crippen MR) is 65.8 cm³/mol. The van der Waals surface area contributed by atoms with E-state index in [9.17, 15) is 4.79 Å². The average molecular weight is 233 g/mol. The van der Waals surface area contributed by atoms with Crippen LogP contribution in [0.15, 0.2) is 12.1 Å². The Labute approximate surface area is 99.2 Å². The number of nitrogen functional groups attached to an aromatic ring is 1. The molecule has 2 rings (SSSR count). The van der Waals surface area contributed by atoms with Crippen LogP contribution in [-0.2, 0) is 11.8 Å². The van der Waals surface area contributed by atoms with Crippen molar-refractivity contribution in [2.24, 2.45) is 7.05 Å². The monoisotopic (exact) mass is 233 g/mol. The van der Waals surface area contributed by atoms with Crippen molar-refractivity contribution in [2.75, 3.05) is 12.3 Å². The van der Waals surface area contributed by atoms with Crippen molar-refractivity contribution in [2.45, 2.75) is 13.8 Å². The van der Waals surface area contributed by atoms with Gasteiger partial charge in [0.15, 0.2) is 0 Å². The van der Waals surface area contributed by atoms with Crippen LogP contribution in [0, 0.1) is 6.92 Å². The van der Waals surface area contributed by atoms with E-state index in [1.54, 1.807) is 19.1 Å². The molecule has 0 unspecified atom stereocenters. The Morgan fingerprint density at radius 2 is 2.24 bits per heavy atom. The number of carbonyl (C=O) groups excluding carboxylic acids is 1. The molecule has 17 heavy (non-hydrogen) atoms. The number of carbonyl (C=O) groups is 1. The van der Waals surface area contributed by atoms with Gasteiger partial charge in [-0.05, 0) is 26.0 Å². The molecule has 5 nitrogen and oxygen atoms in total. The number of fused-ring (bicyclic) bond motifs is 1. The zero-order chi connectivity index (χ0) is 12.6. The van der Waals surface area contributed by atoms with E-state index < -0.39 is 5.97 Å². The van der Waals surface area contributed by atoms with Crippen molar-refractivity contribution >= 4 is 22.7 Å². The number of esters is 1. The van der Waals surface area contributed by atoms with Crippen molar-refractivity contribution in [3.63, 3.8) is 0 Å². The number of nitrogens with zero attached hydrogens (tertiary/aromatic N) is 2. The van der Waals surface area contributed by atoms with Gasteiger partial charge in [0.05, 0.1) is 23.2 Å². The van der Waals surface area contributed by atoms with Gasteiger partial charge in [0.1, 0.15) is 5.82 Å². The SMILES string of the molecule is CCOC(=O)c1cc2nc(C)n(C)c2cc1N. The van der Waals surface area contributed by atoms with E-state index in [2.05, 4.69) is 4.98 Å². The molecule has 0 atom stereocenters. The maximum Gasteiger partial charge on any atom is 0.340 e. The van der Waals surface area contributed by atoms with E-state index in [1.165, 1.54) is 0 Å². The topological polar surface area (TPSA) is 70.1 Å². The highest BCUT2D eigenvalue weighted by atomic mass is 16.5. The number of aromatic nitrogens is 2. The summed E-state index contributed by atoms with van der Waals surface area (Å²) in [5.74, 6) is 0.468. The zero-order valence-corrected chi connectivity index (χ0v) is 10.2. The number of imidazole rings is 1. The van der Waals surface area contributed by atoms with Crippen LogP contribution < -0.4 is 5.73 Å². The maximum absolute atomic E-state index is 11.7. The van der Waals surface area contributed by atoms with Gasteiger partial charge in [-0.1, -0.05) is 0 Å². The number of anilines is 1. The number of benzene rings is 1. The van der Waals surface area contributed by atoms with Crippen molar-refractivity contribution < 1.29 is 9.53 Å². The summed E-state index contributed by atoms with van der Waals surface area (Å²) in [7, 11) is 1.91. The Balaban J connectivity index is 2.59. The predicted octanol–water partition coefficient (Wildman–Crippen LogP) is 1.64. The molecule has 0 amide bonds. The molecule has 1 aromatic carbocycles. The summed E-state index contributed by atoms with van der Waals surface area (Å²) in [6.45, 7) is 4.00. The number of hydrogen-bond donors (Lipinski definition) is 1. The van der Waals surface area contributed by atoms with E-state index in [1.807, 2.05) is 18.5 Å². The molecule has 0 fully saturated rings. The van der Waals surface area contributed by atoms with Crippen LogP contribution >= 0.6 is 0 Å². The molecule has 0 aliphatic carbocycles. The Morgan fingerprint density at radius 3 is 2.88 bits per heavy atom. The van der Waals surface area contributed by atoms with Gasteiger partial charge in [0.25, 0.3) is 0 Å². The lowest BCUT2D eigenvalue weighted by molar-refractivity contribution is 0.0528. The largest absolute Gasteiger partial charge is 0.462 e. The molecule has 0 saturated carbocycles. The molecule has 1 aromatic heterocycles. The zero-order valence-electron chi connectivity index (χ0n) is 10.2. The normalized spacial score (nSPS) is 10.8. The Hall–Kier alpha value is -2.04. The van der Waals surface area contributed by atoms with Gasteiger partial charge in [-0.3, -0.25) is 0 Å². The number of aryl methyl sites for hydroxylation is 2. The average Bonchev–Trinajstić information content (AvgIpc) is 2.55. The van der Waals surface area contributed by atoms with E-state index in [4.69, 9.17) is 10.5 Å². The fourth-order valence-electron chi connectivity index (χ4n) is 1.76. The molecule has 1 heterocycles. The molecule has 0 spiro atoms. The van der Waals surface area contributed by atoms with E-state index in [0.29, 0.717) is 17.9 Å². The smallest absolute Gasteiger partial charge is 0.340 e. The molecule has 0 aliphatic heterocycles. The van der Waals surface area contributed by atoms with Crippen LogP contribution in [-0.4, -0.2) is 22.1 Å². The molecule has 90 valence electrons. The second-order valence-electron chi connectivity index (χ2n) is 3.87. The second kappa shape index (κ2) is 4.08. The first-order valence-corrected chi connectivity index (χ1v) is 5.44. The third-order valence-electron chi connectivity index (χ3n) is 2.77. The number of nitrogens with two attached hydrogens (primary N) is 1. The van der Waals surface area contributed by atoms with Crippen LogP contribution in [0.2, 0.25) is 0 Å². The Kier molecular flexibility index (Phi) is 2.75. The van der Waals surface area contributed by atoms with Crippen LogP contribution in [0.25, 0.3) is 11.0 Å². The second-order valence-corrected chi connectivity index (χ2v) is 3.87. The molecular formula is C12H15N3O2. The fourth-order valence-corrected chi connectivity index (χ4v) is 1.76. The highest BCUT2D eigenvalue weighted by Crippen LogP contribution is 2.22. The molecule has 0 radical (unpaired) electrons. The van der Waals surface area contributed by atoms with Crippen molar-refractivity contribution in [1.82, 2.24) is 9.55 Å². The minimum absolute atomic E-state index is 0.331. The number of ether oxygens (including phenoxy) is 1. The third-order valence-corrected chi connectivity index (χ3v) is 2.77. The lowest BCUT2D eigenvalue weighted by Gasteiger charge is -2.05. The molecule has 0 aliphatic rings. The maximum atomic E-state index is 11.7. The van der Waals surface area contributed by atoms with Gasteiger partial charge < -0.3 is 15.0 Å². The lowest BCUT2D eigenvalue weighted by atomic mass is 10.1. The summed E-state index contributed by atoms with van der Waals surface area (Å²) in [5.41, 5.74) is 8.30. The molecule has 0 saturated heterocycles. The van der Waals surface area contributed by atoms with Crippen LogP contribution in [0.3, 0.4) is 0 Å². The summed E-state index contributed by atoms with van der Waals surface area (Å²) < 4.78 is 6.87. The summed E-state index contributed by atoms with van der Waals surface area (Å²) in [4.78, 5) is 16.0. The number of rotatable bonds is 2. The van der Waals surface area contributed by atoms with Gasteiger partial charge in [0.2, 0.25) is 0 Å². The first-order chi connectivity index (χ1) is 8.04. The standard InChI is InChI=1S/C12H15N3O2/c1-4-17-12(16)8-5-10-11(6-9(8)13)15(3)7(2)14-10/h5-6H,4,13H2,1-3H3. The fraction of sp³-hybridized carbons (Fsp3) is 0.333. The van der Waals surface area contributed by atoms with E-state index in [0.717, 1.165) is 16.9 Å².